The van der Waals surface area contributed by atoms with Gasteiger partial charge in [-0.25, -0.2) is 0 Å². The minimum atomic E-state index is -0.0528. The molecule has 2 aromatic carbocycles. The molecule has 1 aliphatic rings. The summed E-state index contributed by atoms with van der Waals surface area (Å²) in [5.41, 5.74) is 2.34. The number of benzene rings is 2. The fourth-order valence-electron chi connectivity index (χ4n) is 2.15. The third-order valence-corrected chi connectivity index (χ3v) is 6.21. The summed E-state index contributed by atoms with van der Waals surface area (Å²) in [5, 5.41) is 0. The van der Waals surface area contributed by atoms with E-state index in [0.29, 0.717) is 0 Å². The molecule has 0 amide bonds. The van der Waals surface area contributed by atoms with Gasteiger partial charge in [-0.05, 0) is 24.6 Å². The van der Waals surface area contributed by atoms with Gasteiger partial charge in [-0.2, -0.15) is 0 Å². The molecule has 2 aromatic rings. The van der Waals surface area contributed by atoms with Crippen LogP contribution in [0.5, 0.6) is 0 Å². The molecule has 1 aliphatic heterocycles. The van der Waals surface area contributed by atoms with Crippen molar-refractivity contribution in [3.63, 3.8) is 0 Å². The zero-order valence-corrected chi connectivity index (χ0v) is 12.2. The maximum absolute atomic E-state index is 11.5. The second-order valence-electron chi connectivity index (χ2n) is 4.62. The number of fused-ring (bicyclic) bond motifs is 1. The van der Waals surface area contributed by atoms with E-state index in [1.807, 2.05) is 0 Å². The van der Waals surface area contributed by atoms with Gasteiger partial charge in [0.25, 0.3) is 0 Å². The molecule has 3 heteroatoms. The van der Waals surface area contributed by atoms with Crippen molar-refractivity contribution in [2.45, 2.75) is 27.2 Å². The van der Waals surface area contributed by atoms with E-state index < -0.39 is 0 Å². The summed E-state index contributed by atoms with van der Waals surface area (Å²) in [6, 6.07) is 16.6. The van der Waals surface area contributed by atoms with Crippen LogP contribution in [-0.2, 0) is 4.79 Å². The first-order chi connectivity index (χ1) is 9.28. The highest BCUT2D eigenvalue weighted by Crippen LogP contribution is 2.52. The van der Waals surface area contributed by atoms with Crippen LogP contribution in [0, 0.1) is 6.92 Å². The Hall–Kier alpha value is -1.19. The predicted octanol–water partition coefficient (Wildman–Crippen LogP) is 4.50. The Morgan fingerprint density at radius 3 is 2.11 bits per heavy atom. The summed E-state index contributed by atoms with van der Waals surface area (Å²) in [5.74, 6) is -0.0528. The Labute approximate surface area is 121 Å². The third kappa shape index (κ3) is 2.58. The predicted molar refractivity (Wildman–Crippen MR) is 81.9 cm³/mol. The molecule has 1 heterocycles. The number of rotatable bonds is 3. The Balaban J connectivity index is 1.85. The van der Waals surface area contributed by atoms with Gasteiger partial charge < -0.3 is 4.79 Å². The number of carbonyl (C=O) groups excluding carboxylic acids is 1. The van der Waals surface area contributed by atoms with Crippen LogP contribution in [0.1, 0.15) is 17.0 Å². The maximum atomic E-state index is 11.5. The quantitative estimate of drug-likeness (QED) is 0.773. The fraction of sp³-hybridized carbons (Fsp3) is 0.188. The van der Waals surface area contributed by atoms with Crippen LogP contribution in [0.2, 0.25) is 0 Å². The van der Waals surface area contributed by atoms with E-state index in [1.54, 1.807) is 23.5 Å². The molecule has 1 unspecified atom stereocenters. The minimum Gasteiger partial charge on any atom is -0.303 e. The van der Waals surface area contributed by atoms with Crippen LogP contribution in [-0.4, -0.2) is 10.9 Å². The summed E-state index contributed by atoms with van der Waals surface area (Å²) in [6.07, 6.45) is 1.08. The largest absolute Gasteiger partial charge is 0.303 e. The average Bonchev–Trinajstić information content (AvgIpc) is 2.85. The molecular formula is C16H14OS2. The highest BCUT2D eigenvalue weighted by molar-refractivity contribution is 8.19. The van der Waals surface area contributed by atoms with Crippen LogP contribution in [0.25, 0.3) is 0 Å². The normalized spacial score (nSPS) is 16.1. The van der Waals surface area contributed by atoms with Crippen LogP contribution in [0.15, 0.2) is 58.3 Å². The van der Waals surface area contributed by atoms with Gasteiger partial charge in [0.15, 0.2) is 0 Å². The van der Waals surface area contributed by atoms with Gasteiger partial charge in [-0.15, -0.1) is 23.5 Å². The van der Waals surface area contributed by atoms with Crippen molar-refractivity contribution in [2.75, 3.05) is 0 Å². The third-order valence-electron chi connectivity index (χ3n) is 3.24. The van der Waals surface area contributed by atoms with Gasteiger partial charge in [0, 0.05) is 9.79 Å². The molecule has 0 aliphatic carbocycles. The molecule has 0 spiro atoms. The second kappa shape index (κ2) is 5.43. The van der Waals surface area contributed by atoms with Crippen molar-refractivity contribution in [2.24, 2.45) is 0 Å². The fourth-order valence-corrected chi connectivity index (χ4v) is 5.18. The molecule has 0 fully saturated rings. The minimum absolute atomic E-state index is 0.0528. The zero-order valence-electron chi connectivity index (χ0n) is 10.6. The van der Waals surface area contributed by atoms with E-state index in [9.17, 15) is 4.79 Å². The molecule has 0 saturated heterocycles. The molecular weight excluding hydrogens is 272 g/mol. The first-order valence-corrected chi connectivity index (χ1v) is 7.98. The van der Waals surface area contributed by atoms with Gasteiger partial charge in [0.2, 0.25) is 0 Å². The topological polar surface area (TPSA) is 17.1 Å². The Bertz CT molecular complexity index is 567. The molecule has 0 N–H and O–H groups in total. The van der Waals surface area contributed by atoms with Crippen LogP contribution in [0.3, 0.4) is 0 Å². The van der Waals surface area contributed by atoms with Gasteiger partial charge in [0.05, 0.1) is 10.5 Å². The lowest BCUT2D eigenvalue weighted by Crippen LogP contribution is -2.11. The second-order valence-corrected chi connectivity index (χ2v) is 7.29. The van der Waals surface area contributed by atoms with Crippen LogP contribution < -0.4 is 0 Å². The molecule has 0 bridgehead atoms. The lowest BCUT2D eigenvalue weighted by molar-refractivity contribution is -0.108. The number of aldehydes is 1. The van der Waals surface area contributed by atoms with E-state index >= 15 is 0 Å². The Morgan fingerprint density at radius 1 is 1.00 bits per heavy atom. The SMILES string of the molecule is Cc1ccc(C(C=O)C2Sc3ccccc3S2)cc1. The summed E-state index contributed by atoms with van der Waals surface area (Å²) in [7, 11) is 0. The maximum Gasteiger partial charge on any atom is 0.129 e. The van der Waals surface area contributed by atoms with Crippen molar-refractivity contribution in [3.05, 3.63) is 59.7 Å². The van der Waals surface area contributed by atoms with Crippen molar-refractivity contribution in [1.82, 2.24) is 0 Å². The van der Waals surface area contributed by atoms with Gasteiger partial charge in [-0.1, -0.05) is 42.0 Å². The van der Waals surface area contributed by atoms with E-state index in [4.69, 9.17) is 0 Å². The monoisotopic (exact) mass is 286 g/mol. The number of hydrogen-bond donors (Lipinski definition) is 0. The summed E-state index contributed by atoms with van der Waals surface area (Å²) < 4.78 is 0.248. The van der Waals surface area contributed by atoms with Crippen molar-refractivity contribution < 1.29 is 4.79 Å². The number of thioether (sulfide) groups is 2. The smallest absolute Gasteiger partial charge is 0.129 e. The molecule has 96 valence electrons. The molecule has 19 heavy (non-hydrogen) atoms. The molecule has 0 saturated carbocycles. The Kier molecular flexibility index (Phi) is 3.67. The molecule has 1 nitrogen and oxygen atoms in total. The Morgan fingerprint density at radius 2 is 1.58 bits per heavy atom. The molecule has 1 atom stereocenters. The number of hydrogen-bond acceptors (Lipinski definition) is 3. The van der Waals surface area contributed by atoms with E-state index in [2.05, 4.69) is 55.5 Å². The summed E-state index contributed by atoms with van der Waals surface area (Å²) in [4.78, 5) is 14.1. The summed E-state index contributed by atoms with van der Waals surface area (Å²) >= 11 is 3.60. The van der Waals surface area contributed by atoms with Crippen molar-refractivity contribution >= 4 is 29.8 Å². The van der Waals surface area contributed by atoms with E-state index in [1.165, 1.54) is 15.4 Å². The number of carbonyl (C=O) groups is 1. The zero-order chi connectivity index (χ0) is 13.2. The lowest BCUT2D eigenvalue weighted by Gasteiger charge is -2.16. The number of aryl methyl sites for hydroxylation is 1. The van der Waals surface area contributed by atoms with Crippen LogP contribution in [0.4, 0.5) is 0 Å². The highest BCUT2D eigenvalue weighted by atomic mass is 32.2. The first kappa shape index (κ1) is 12.8. The average molecular weight is 286 g/mol. The van der Waals surface area contributed by atoms with Gasteiger partial charge >= 0.3 is 0 Å². The van der Waals surface area contributed by atoms with E-state index in [-0.39, 0.29) is 10.5 Å². The molecule has 3 rings (SSSR count). The molecule has 0 aromatic heterocycles. The standard InChI is InChI=1S/C16H14OS2/c1-11-6-8-12(9-7-11)13(10-17)16-18-14-4-2-3-5-15(14)19-16/h2-10,13,16H,1H3. The van der Waals surface area contributed by atoms with E-state index in [0.717, 1.165) is 11.8 Å². The van der Waals surface area contributed by atoms with Crippen molar-refractivity contribution in [3.8, 4) is 0 Å². The highest BCUT2D eigenvalue weighted by Gasteiger charge is 2.30. The summed E-state index contributed by atoms with van der Waals surface area (Å²) in [6.45, 7) is 2.06. The first-order valence-electron chi connectivity index (χ1n) is 6.22. The van der Waals surface area contributed by atoms with Gasteiger partial charge in [0.1, 0.15) is 6.29 Å². The molecule has 0 radical (unpaired) electrons. The lowest BCUT2D eigenvalue weighted by atomic mass is 10.0. The van der Waals surface area contributed by atoms with Crippen LogP contribution >= 0.6 is 23.5 Å². The van der Waals surface area contributed by atoms with Crippen molar-refractivity contribution in [1.29, 1.82) is 0 Å². The van der Waals surface area contributed by atoms with Gasteiger partial charge in [-0.3, -0.25) is 0 Å².